The van der Waals surface area contributed by atoms with E-state index in [4.69, 9.17) is 0 Å². The highest BCUT2D eigenvalue weighted by molar-refractivity contribution is 7.22. The maximum atomic E-state index is 13.5. The SMILES string of the molecule is O=C(CCCN(CCC(c1ccccc1)c1ccccc1)C(=O)Nc1nc2ccccc2s1)NCc1ccccc1. The fraction of sp³-hybridized carbons (Fsp3) is 0.206. The van der Waals surface area contributed by atoms with Gasteiger partial charge in [0.1, 0.15) is 0 Å². The molecule has 0 bridgehead atoms. The lowest BCUT2D eigenvalue weighted by molar-refractivity contribution is -0.121. The number of aromatic nitrogens is 1. The van der Waals surface area contributed by atoms with Crippen molar-refractivity contribution in [2.45, 2.75) is 31.7 Å². The molecule has 0 fully saturated rings. The summed E-state index contributed by atoms with van der Waals surface area (Å²) in [4.78, 5) is 32.5. The number of hydrogen-bond donors (Lipinski definition) is 2. The first-order valence-electron chi connectivity index (χ1n) is 14.0. The molecule has 0 radical (unpaired) electrons. The first-order valence-corrected chi connectivity index (χ1v) is 14.8. The first kappa shape index (κ1) is 28.1. The van der Waals surface area contributed by atoms with Gasteiger partial charge in [0.25, 0.3) is 0 Å². The predicted octanol–water partition coefficient (Wildman–Crippen LogP) is 7.45. The number of urea groups is 1. The Labute approximate surface area is 245 Å². The summed E-state index contributed by atoms with van der Waals surface area (Å²) in [6.45, 7) is 1.50. The number of nitrogens with one attached hydrogen (secondary N) is 2. The molecule has 1 aromatic heterocycles. The summed E-state index contributed by atoms with van der Waals surface area (Å²) >= 11 is 1.46. The Morgan fingerprint density at radius 1 is 0.756 bits per heavy atom. The van der Waals surface area contributed by atoms with Crippen LogP contribution in [-0.4, -0.2) is 34.9 Å². The minimum atomic E-state index is -0.200. The summed E-state index contributed by atoms with van der Waals surface area (Å²) < 4.78 is 1.03. The standard InChI is InChI=1S/C34H34N4O2S/c39-32(35-25-26-13-4-1-5-14-26)21-12-23-38(34(40)37-33-36-30-19-10-11-20-31(30)41-33)24-22-29(27-15-6-2-7-16-27)28-17-8-3-9-18-28/h1-11,13-20,29H,12,21-25H2,(H,35,39)(H,36,37,40). The van der Waals surface area contributed by atoms with Crippen molar-refractivity contribution in [1.29, 1.82) is 0 Å². The molecule has 5 aromatic rings. The van der Waals surface area contributed by atoms with Gasteiger partial charge in [-0.25, -0.2) is 9.78 Å². The van der Waals surface area contributed by atoms with Gasteiger partial charge in [-0.05, 0) is 41.7 Å². The molecule has 0 unspecified atom stereocenters. The predicted molar refractivity (Wildman–Crippen MR) is 167 cm³/mol. The highest BCUT2D eigenvalue weighted by atomic mass is 32.1. The van der Waals surface area contributed by atoms with E-state index in [1.165, 1.54) is 22.5 Å². The summed E-state index contributed by atoms with van der Waals surface area (Å²) in [5.74, 6) is 0.121. The molecule has 1 heterocycles. The molecule has 4 aromatic carbocycles. The van der Waals surface area contributed by atoms with E-state index in [-0.39, 0.29) is 17.9 Å². The fourth-order valence-electron chi connectivity index (χ4n) is 4.91. The normalized spacial score (nSPS) is 11.0. The van der Waals surface area contributed by atoms with E-state index in [0.717, 1.165) is 22.2 Å². The second kappa shape index (κ2) is 14.2. The Hall–Kier alpha value is -4.49. The largest absolute Gasteiger partial charge is 0.352 e. The van der Waals surface area contributed by atoms with Gasteiger partial charge in [-0.15, -0.1) is 0 Å². The van der Waals surface area contributed by atoms with Crippen LogP contribution in [0.5, 0.6) is 0 Å². The number of anilines is 1. The molecule has 0 saturated heterocycles. The highest BCUT2D eigenvalue weighted by Crippen LogP contribution is 2.29. The topological polar surface area (TPSA) is 74.3 Å². The minimum Gasteiger partial charge on any atom is -0.352 e. The van der Waals surface area contributed by atoms with E-state index in [1.807, 2.05) is 71.6 Å². The lowest BCUT2D eigenvalue weighted by Gasteiger charge is -2.26. The van der Waals surface area contributed by atoms with Gasteiger partial charge in [-0.1, -0.05) is 114 Å². The van der Waals surface area contributed by atoms with Gasteiger partial charge in [0.2, 0.25) is 5.91 Å². The van der Waals surface area contributed by atoms with Crippen molar-refractivity contribution in [1.82, 2.24) is 15.2 Å². The second-order valence-corrected chi connectivity index (χ2v) is 11.0. The van der Waals surface area contributed by atoms with Crippen LogP contribution in [0.2, 0.25) is 0 Å². The van der Waals surface area contributed by atoms with Gasteiger partial charge < -0.3 is 10.2 Å². The third-order valence-corrected chi connectivity index (χ3v) is 8.00. The van der Waals surface area contributed by atoms with Gasteiger partial charge in [0.05, 0.1) is 10.2 Å². The molecule has 41 heavy (non-hydrogen) atoms. The lowest BCUT2D eigenvalue weighted by Crippen LogP contribution is -2.37. The summed E-state index contributed by atoms with van der Waals surface area (Å²) in [5, 5.41) is 6.57. The average Bonchev–Trinajstić information content (AvgIpc) is 3.43. The number of fused-ring (bicyclic) bond motifs is 1. The van der Waals surface area contributed by atoms with Crippen molar-refractivity contribution in [2.24, 2.45) is 0 Å². The summed E-state index contributed by atoms with van der Waals surface area (Å²) in [6, 6.07) is 38.3. The molecule has 0 atom stereocenters. The van der Waals surface area contributed by atoms with Crippen LogP contribution in [0.15, 0.2) is 115 Å². The number of carbonyl (C=O) groups excluding carboxylic acids is 2. The van der Waals surface area contributed by atoms with Crippen LogP contribution in [-0.2, 0) is 11.3 Å². The zero-order valence-electron chi connectivity index (χ0n) is 22.9. The number of rotatable bonds is 12. The van der Waals surface area contributed by atoms with Crippen LogP contribution >= 0.6 is 11.3 Å². The van der Waals surface area contributed by atoms with Gasteiger partial charge in [-0.3, -0.25) is 10.1 Å². The van der Waals surface area contributed by atoms with Crippen molar-refractivity contribution in [3.63, 3.8) is 0 Å². The number of thiazole rings is 1. The third kappa shape index (κ3) is 8.02. The Morgan fingerprint density at radius 2 is 1.37 bits per heavy atom. The molecule has 0 spiro atoms. The van der Waals surface area contributed by atoms with Crippen molar-refractivity contribution in [2.75, 3.05) is 18.4 Å². The van der Waals surface area contributed by atoms with Crippen LogP contribution in [0, 0.1) is 0 Å². The van der Waals surface area contributed by atoms with E-state index in [0.29, 0.717) is 37.6 Å². The molecule has 208 valence electrons. The molecule has 5 rings (SSSR count). The summed E-state index contributed by atoms with van der Waals surface area (Å²) in [5.41, 5.74) is 4.35. The maximum absolute atomic E-state index is 13.5. The van der Waals surface area contributed by atoms with Gasteiger partial charge in [-0.2, -0.15) is 0 Å². The van der Waals surface area contributed by atoms with Gasteiger partial charge in [0.15, 0.2) is 5.13 Å². The van der Waals surface area contributed by atoms with E-state index >= 15 is 0 Å². The molecule has 0 aliphatic carbocycles. The van der Waals surface area contributed by atoms with Crippen LogP contribution in [0.1, 0.15) is 41.9 Å². The van der Waals surface area contributed by atoms with E-state index < -0.39 is 0 Å². The van der Waals surface area contributed by atoms with E-state index in [1.54, 1.807) is 0 Å². The van der Waals surface area contributed by atoms with E-state index in [9.17, 15) is 9.59 Å². The van der Waals surface area contributed by atoms with Crippen molar-refractivity contribution in [3.8, 4) is 0 Å². The molecule has 0 saturated carbocycles. The van der Waals surface area contributed by atoms with Crippen molar-refractivity contribution < 1.29 is 9.59 Å². The zero-order chi connectivity index (χ0) is 28.3. The Bertz CT molecular complexity index is 1470. The zero-order valence-corrected chi connectivity index (χ0v) is 23.7. The molecule has 0 aliphatic rings. The molecule has 0 aliphatic heterocycles. The molecule has 6 nitrogen and oxygen atoms in total. The molecule has 2 N–H and O–H groups in total. The quantitative estimate of drug-likeness (QED) is 0.166. The Kier molecular flexibility index (Phi) is 9.74. The number of para-hydroxylation sites is 1. The van der Waals surface area contributed by atoms with Crippen LogP contribution in [0.25, 0.3) is 10.2 Å². The van der Waals surface area contributed by atoms with E-state index in [2.05, 4.69) is 64.1 Å². The third-order valence-electron chi connectivity index (χ3n) is 7.05. The molecule has 3 amide bonds. The molecule has 7 heteroatoms. The Morgan fingerprint density at radius 3 is 2.02 bits per heavy atom. The van der Waals surface area contributed by atoms with Gasteiger partial charge >= 0.3 is 6.03 Å². The monoisotopic (exact) mass is 562 g/mol. The molecular weight excluding hydrogens is 528 g/mol. The number of hydrogen-bond acceptors (Lipinski definition) is 4. The molecular formula is C34H34N4O2S. The second-order valence-electron chi connectivity index (χ2n) is 9.93. The van der Waals surface area contributed by atoms with Crippen LogP contribution in [0.4, 0.5) is 9.93 Å². The number of carbonyl (C=O) groups is 2. The minimum absolute atomic E-state index is 0.0215. The fourth-order valence-corrected chi connectivity index (χ4v) is 5.76. The average molecular weight is 563 g/mol. The number of nitrogens with zero attached hydrogens (tertiary/aromatic N) is 2. The smallest absolute Gasteiger partial charge is 0.323 e. The lowest BCUT2D eigenvalue weighted by atomic mass is 9.88. The summed E-state index contributed by atoms with van der Waals surface area (Å²) in [7, 11) is 0. The Balaban J connectivity index is 1.26. The van der Waals surface area contributed by atoms with Gasteiger partial charge in [0, 0.05) is 32.0 Å². The van der Waals surface area contributed by atoms with Crippen molar-refractivity contribution >= 4 is 38.6 Å². The number of amides is 3. The highest BCUT2D eigenvalue weighted by Gasteiger charge is 2.20. The number of benzene rings is 4. The summed E-state index contributed by atoms with van der Waals surface area (Å²) in [6.07, 6.45) is 1.66. The van der Waals surface area contributed by atoms with Crippen LogP contribution < -0.4 is 10.6 Å². The van der Waals surface area contributed by atoms with Crippen LogP contribution in [0.3, 0.4) is 0 Å². The first-order chi connectivity index (χ1) is 20.2. The van der Waals surface area contributed by atoms with Crippen molar-refractivity contribution in [3.05, 3.63) is 132 Å². The maximum Gasteiger partial charge on any atom is 0.323 e.